The monoisotopic (exact) mass is 479 g/mol. The van der Waals surface area contributed by atoms with Crippen molar-refractivity contribution >= 4 is 44.8 Å². The Morgan fingerprint density at radius 1 is 1.16 bits per heavy atom. The number of carbonyl (C=O) groups is 2. The summed E-state index contributed by atoms with van der Waals surface area (Å²) in [4.78, 5) is 26.7. The first-order valence-corrected chi connectivity index (χ1v) is 11.9. The fourth-order valence-corrected chi connectivity index (χ4v) is 5.34. The summed E-state index contributed by atoms with van der Waals surface area (Å²) >= 11 is 6.00. The normalized spacial score (nSPS) is 19.8. The van der Waals surface area contributed by atoms with Crippen LogP contribution in [0, 0.1) is 5.92 Å². The van der Waals surface area contributed by atoms with Gasteiger partial charge >= 0.3 is 0 Å². The number of sulfonamides is 1. The third-order valence-corrected chi connectivity index (χ3v) is 7.58. The highest BCUT2D eigenvalue weighted by Crippen LogP contribution is 2.31. The standard InChI is InChI=1S/C21H22ClN3O6S/c22-15-2-1-3-16(11-15)25-13-14(10-20(25)27)21(28)23-18-12-17(4-5-19(18)26)32(29,30)24-6-8-31-9-7-24/h1-5,11-12,14,26H,6-10,13H2,(H,23,28). The molecule has 2 fully saturated rings. The molecule has 9 nitrogen and oxygen atoms in total. The minimum Gasteiger partial charge on any atom is -0.506 e. The van der Waals surface area contributed by atoms with E-state index in [9.17, 15) is 23.1 Å². The third-order valence-electron chi connectivity index (χ3n) is 5.45. The molecule has 170 valence electrons. The molecule has 2 amide bonds. The number of rotatable bonds is 5. The van der Waals surface area contributed by atoms with Gasteiger partial charge in [-0.05, 0) is 36.4 Å². The summed E-state index contributed by atoms with van der Waals surface area (Å²) in [5.41, 5.74) is 0.567. The lowest BCUT2D eigenvalue weighted by atomic mass is 10.1. The summed E-state index contributed by atoms with van der Waals surface area (Å²) in [5, 5.41) is 13.2. The first-order valence-electron chi connectivity index (χ1n) is 10.0. The van der Waals surface area contributed by atoms with Gasteiger partial charge in [0.25, 0.3) is 0 Å². The van der Waals surface area contributed by atoms with Crippen molar-refractivity contribution in [3.05, 3.63) is 47.5 Å². The molecule has 0 spiro atoms. The smallest absolute Gasteiger partial charge is 0.243 e. The second-order valence-corrected chi connectivity index (χ2v) is 9.94. The zero-order valence-electron chi connectivity index (χ0n) is 17.0. The van der Waals surface area contributed by atoms with Crippen molar-refractivity contribution in [1.29, 1.82) is 0 Å². The predicted molar refractivity (Wildman–Crippen MR) is 118 cm³/mol. The van der Waals surface area contributed by atoms with Crippen LogP contribution < -0.4 is 10.2 Å². The lowest BCUT2D eigenvalue weighted by molar-refractivity contribution is -0.122. The van der Waals surface area contributed by atoms with Crippen molar-refractivity contribution in [3.8, 4) is 5.75 Å². The van der Waals surface area contributed by atoms with Crippen molar-refractivity contribution in [2.75, 3.05) is 43.1 Å². The molecule has 0 saturated carbocycles. The van der Waals surface area contributed by atoms with Gasteiger partial charge in [-0.1, -0.05) is 17.7 Å². The molecule has 2 aliphatic heterocycles. The van der Waals surface area contributed by atoms with Crippen molar-refractivity contribution in [2.45, 2.75) is 11.3 Å². The molecule has 1 unspecified atom stereocenters. The molecule has 0 bridgehead atoms. The number of carbonyl (C=O) groups excluding carboxylic acids is 2. The van der Waals surface area contributed by atoms with Gasteiger partial charge < -0.3 is 20.1 Å². The molecule has 0 aromatic heterocycles. The first kappa shape index (κ1) is 22.5. The van der Waals surface area contributed by atoms with E-state index in [0.717, 1.165) is 0 Å². The van der Waals surface area contributed by atoms with Crippen LogP contribution in [0.4, 0.5) is 11.4 Å². The number of phenolic OH excluding ortho intramolecular Hbond substituents is 1. The number of amides is 2. The molecule has 2 aromatic carbocycles. The number of aromatic hydroxyl groups is 1. The predicted octanol–water partition coefficient (Wildman–Crippen LogP) is 2.06. The van der Waals surface area contributed by atoms with Crippen LogP contribution in [0.2, 0.25) is 5.02 Å². The number of hydrogen-bond donors (Lipinski definition) is 2. The quantitative estimate of drug-likeness (QED) is 0.634. The van der Waals surface area contributed by atoms with E-state index >= 15 is 0 Å². The fraction of sp³-hybridized carbons (Fsp3) is 0.333. The Kier molecular flexibility index (Phi) is 6.38. The SMILES string of the molecule is O=C(Nc1cc(S(=O)(=O)N2CCOCC2)ccc1O)C1CC(=O)N(c2cccc(Cl)c2)C1. The maximum Gasteiger partial charge on any atom is 0.243 e. The van der Waals surface area contributed by atoms with Gasteiger partial charge in [0, 0.05) is 36.8 Å². The van der Waals surface area contributed by atoms with Gasteiger partial charge in [0.1, 0.15) is 5.75 Å². The maximum absolute atomic E-state index is 12.9. The largest absolute Gasteiger partial charge is 0.506 e. The average Bonchev–Trinajstić information content (AvgIpc) is 3.17. The van der Waals surface area contributed by atoms with Crippen LogP contribution >= 0.6 is 11.6 Å². The summed E-state index contributed by atoms with van der Waals surface area (Å²) in [6.07, 6.45) is -0.00905. The molecule has 11 heteroatoms. The molecular weight excluding hydrogens is 458 g/mol. The zero-order chi connectivity index (χ0) is 22.9. The Labute approximate surface area is 190 Å². The van der Waals surface area contributed by atoms with E-state index in [1.165, 1.54) is 27.4 Å². The Hall–Kier alpha value is -2.66. The number of benzene rings is 2. The Morgan fingerprint density at radius 2 is 1.91 bits per heavy atom. The minimum absolute atomic E-state index is 0.00905. The molecule has 1 atom stereocenters. The summed E-state index contributed by atoms with van der Waals surface area (Å²) in [5.74, 6) is -1.64. The van der Waals surface area contributed by atoms with Crippen molar-refractivity contribution in [3.63, 3.8) is 0 Å². The number of anilines is 2. The van der Waals surface area contributed by atoms with Gasteiger partial charge in [0.15, 0.2) is 0 Å². The number of halogens is 1. The third kappa shape index (κ3) is 4.58. The van der Waals surface area contributed by atoms with Crippen molar-refractivity contribution in [2.24, 2.45) is 5.92 Å². The van der Waals surface area contributed by atoms with Gasteiger partial charge in [-0.3, -0.25) is 9.59 Å². The van der Waals surface area contributed by atoms with E-state index in [0.29, 0.717) is 23.9 Å². The van der Waals surface area contributed by atoms with Gasteiger partial charge in [-0.25, -0.2) is 8.42 Å². The average molecular weight is 480 g/mol. The highest BCUT2D eigenvalue weighted by Gasteiger charge is 2.36. The summed E-state index contributed by atoms with van der Waals surface area (Å²) < 4.78 is 32.2. The minimum atomic E-state index is -3.80. The molecular formula is C21H22ClN3O6S. The molecule has 2 aromatic rings. The van der Waals surface area contributed by atoms with E-state index in [-0.39, 0.29) is 48.3 Å². The molecule has 2 N–H and O–H groups in total. The molecule has 0 aliphatic carbocycles. The summed E-state index contributed by atoms with van der Waals surface area (Å²) in [6.45, 7) is 1.22. The van der Waals surface area contributed by atoms with E-state index in [1.54, 1.807) is 24.3 Å². The lowest BCUT2D eigenvalue weighted by Gasteiger charge is -2.26. The summed E-state index contributed by atoms with van der Waals surface area (Å²) in [6, 6.07) is 10.5. The van der Waals surface area contributed by atoms with Gasteiger partial charge in [-0.15, -0.1) is 0 Å². The van der Waals surface area contributed by atoms with Crippen LogP contribution in [-0.4, -0.2) is 62.5 Å². The molecule has 4 rings (SSSR count). The van der Waals surface area contributed by atoms with Crippen LogP contribution in [0.1, 0.15) is 6.42 Å². The molecule has 0 radical (unpaired) electrons. The fourth-order valence-electron chi connectivity index (χ4n) is 3.72. The van der Waals surface area contributed by atoms with Crippen molar-refractivity contribution in [1.82, 2.24) is 4.31 Å². The van der Waals surface area contributed by atoms with Crippen LogP contribution in [-0.2, 0) is 24.3 Å². The van der Waals surface area contributed by atoms with E-state index < -0.39 is 21.8 Å². The molecule has 2 saturated heterocycles. The van der Waals surface area contributed by atoms with Crippen LogP contribution in [0.3, 0.4) is 0 Å². The van der Waals surface area contributed by atoms with Crippen LogP contribution in [0.25, 0.3) is 0 Å². The Bertz CT molecular complexity index is 1150. The molecule has 2 aliphatic rings. The zero-order valence-corrected chi connectivity index (χ0v) is 18.6. The second kappa shape index (κ2) is 9.07. The van der Waals surface area contributed by atoms with Gasteiger partial charge in [0.05, 0.1) is 29.7 Å². The number of nitrogens with zero attached hydrogens (tertiary/aromatic N) is 2. The number of phenols is 1. The molecule has 32 heavy (non-hydrogen) atoms. The number of hydrogen-bond acceptors (Lipinski definition) is 6. The Morgan fingerprint density at radius 3 is 2.62 bits per heavy atom. The Balaban J connectivity index is 1.50. The van der Waals surface area contributed by atoms with Gasteiger partial charge in [-0.2, -0.15) is 4.31 Å². The topological polar surface area (TPSA) is 116 Å². The van der Waals surface area contributed by atoms with Crippen LogP contribution in [0.5, 0.6) is 5.75 Å². The van der Waals surface area contributed by atoms with E-state index in [2.05, 4.69) is 5.32 Å². The maximum atomic E-state index is 12.9. The van der Waals surface area contributed by atoms with E-state index in [4.69, 9.17) is 16.3 Å². The van der Waals surface area contributed by atoms with E-state index in [1.807, 2.05) is 0 Å². The second-order valence-electron chi connectivity index (χ2n) is 7.57. The van der Waals surface area contributed by atoms with Crippen LogP contribution in [0.15, 0.2) is 47.4 Å². The summed E-state index contributed by atoms with van der Waals surface area (Å²) in [7, 11) is -3.80. The van der Waals surface area contributed by atoms with Gasteiger partial charge in [0.2, 0.25) is 21.8 Å². The first-order chi connectivity index (χ1) is 15.3. The highest BCUT2D eigenvalue weighted by atomic mass is 35.5. The number of morpholine rings is 1. The number of nitrogens with one attached hydrogen (secondary N) is 1. The highest BCUT2D eigenvalue weighted by molar-refractivity contribution is 7.89. The molecule has 2 heterocycles. The number of ether oxygens (including phenoxy) is 1. The lowest BCUT2D eigenvalue weighted by Crippen LogP contribution is -2.40. The van der Waals surface area contributed by atoms with Crippen molar-refractivity contribution < 1.29 is 27.9 Å².